The molecule has 0 saturated heterocycles. The third kappa shape index (κ3) is 5.84. The lowest BCUT2D eigenvalue weighted by atomic mass is 10.1. The average molecular weight is 497 g/mol. The highest BCUT2D eigenvalue weighted by Crippen LogP contribution is 2.36. The molecule has 3 aromatic rings. The third-order valence-electron chi connectivity index (χ3n) is 4.12. The van der Waals surface area contributed by atoms with Crippen molar-refractivity contribution in [3.05, 3.63) is 93.4 Å². The largest absolute Gasteiger partial charge is 0.240 e. The molecule has 3 aromatic carbocycles. The molecule has 28 heavy (non-hydrogen) atoms. The number of aryl methyl sites for hydroxylation is 1. The molecule has 0 radical (unpaired) electrons. The van der Waals surface area contributed by atoms with E-state index < -0.39 is 10.0 Å². The fourth-order valence-electron chi connectivity index (χ4n) is 2.57. The first-order valence-electron chi connectivity index (χ1n) is 8.57. The van der Waals surface area contributed by atoms with Gasteiger partial charge >= 0.3 is 0 Å². The number of rotatable bonds is 7. The molecule has 3 nitrogen and oxygen atoms in total. The molecule has 0 amide bonds. The van der Waals surface area contributed by atoms with Gasteiger partial charge in [-0.05, 0) is 61.0 Å². The molecule has 1 unspecified atom stereocenters. The first kappa shape index (κ1) is 21.4. The van der Waals surface area contributed by atoms with Gasteiger partial charge < -0.3 is 0 Å². The maximum atomic E-state index is 12.7. The zero-order valence-corrected chi connectivity index (χ0v) is 19.1. The van der Waals surface area contributed by atoms with Gasteiger partial charge in [0.05, 0.1) is 4.90 Å². The van der Waals surface area contributed by atoms with Crippen LogP contribution in [0.4, 0.5) is 0 Å². The van der Waals surface area contributed by atoms with Crippen LogP contribution in [0.3, 0.4) is 0 Å². The van der Waals surface area contributed by atoms with Crippen LogP contribution in [0, 0.1) is 6.92 Å². The van der Waals surface area contributed by atoms with Gasteiger partial charge in [-0.3, -0.25) is 0 Å². The number of hydrogen-bond acceptors (Lipinski definition) is 3. The van der Waals surface area contributed by atoms with Crippen molar-refractivity contribution in [2.75, 3.05) is 6.54 Å². The Hall–Kier alpha value is -1.31. The topological polar surface area (TPSA) is 46.2 Å². The Bertz CT molecular complexity index is 1020. The summed E-state index contributed by atoms with van der Waals surface area (Å²) in [5.74, 6) is 0. The highest BCUT2D eigenvalue weighted by atomic mass is 79.9. The lowest BCUT2D eigenvalue weighted by Gasteiger charge is -2.18. The van der Waals surface area contributed by atoms with Crippen LogP contribution in [0.1, 0.15) is 16.4 Å². The minimum Gasteiger partial charge on any atom is -0.210 e. The van der Waals surface area contributed by atoms with E-state index in [9.17, 15) is 8.42 Å². The number of halogens is 2. The van der Waals surface area contributed by atoms with Crippen molar-refractivity contribution < 1.29 is 8.42 Å². The van der Waals surface area contributed by atoms with Gasteiger partial charge in [0.25, 0.3) is 0 Å². The first-order valence-corrected chi connectivity index (χ1v) is 12.1. The zero-order valence-electron chi connectivity index (χ0n) is 15.1. The monoisotopic (exact) mass is 495 g/mol. The summed E-state index contributed by atoms with van der Waals surface area (Å²) in [5, 5.41) is 0.551. The SMILES string of the molecule is Cc1ccc(S(=O)(=O)NCC(Sc2ccc(Br)cc2)c2ccc(Cl)cc2)cc1. The number of benzene rings is 3. The zero-order chi connectivity index (χ0) is 20.1. The molecule has 0 aliphatic rings. The van der Waals surface area contributed by atoms with E-state index in [1.807, 2.05) is 55.5 Å². The Morgan fingerprint density at radius 3 is 2.18 bits per heavy atom. The van der Waals surface area contributed by atoms with E-state index in [2.05, 4.69) is 20.7 Å². The maximum absolute atomic E-state index is 12.7. The Morgan fingerprint density at radius 1 is 0.964 bits per heavy atom. The van der Waals surface area contributed by atoms with E-state index in [0.29, 0.717) is 5.02 Å². The van der Waals surface area contributed by atoms with Gasteiger partial charge in [0.15, 0.2) is 0 Å². The van der Waals surface area contributed by atoms with Crippen LogP contribution in [-0.4, -0.2) is 15.0 Å². The molecule has 0 fully saturated rings. The Labute approximate surface area is 183 Å². The predicted molar refractivity (Wildman–Crippen MR) is 121 cm³/mol. The maximum Gasteiger partial charge on any atom is 0.240 e. The van der Waals surface area contributed by atoms with Crippen molar-refractivity contribution in [2.45, 2.75) is 22.0 Å². The van der Waals surface area contributed by atoms with Crippen molar-refractivity contribution in [1.82, 2.24) is 4.72 Å². The lowest BCUT2D eigenvalue weighted by molar-refractivity contribution is 0.581. The number of sulfonamides is 1. The van der Waals surface area contributed by atoms with E-state index >= 15 is 0 Å². The molecular formula is C21H19BrClNO2S2. The molecule has 7 heteroatoms. The van der Waals surface area contributed by atoms with Crippen LogP contribution in [-0.2, 0) is 10.0 Å². The molecule has 0 aromatic heterocycles. The normalized spacial score (nSPS) is 12.7. The van der Waals surface area contributed by atoms with E-state index in [-0.39, 0.29) is 16.7 Å². The van der Waals surface area contributed by atoms with E-state index in [0.717, 1.165) is 20.5 Å². The quantitative estimate of drug-likeness (QED) is 0.395. The van der Waals surface area contributed by atoms with Crippen molar-refractivity contribution in [3.8, 4) is 0 Å². The van der Waals surface area contributed by atoms with Crippen LogP contribution < -0.4 is 4.72 Å². The Balaban J connectivity index is 1.81. The van der Waals surface area contributed by atoms with Gasteiger partial charge in [-0.2, -0.15) is 0 Å². The summed E-state index contributed by atoms with van der Waals surface area (Å²) in [7, 11) is -3.58. The summed E-state index contributed by atoms with van der Waals surface area (Å²) in [6, 6.07) is 22.3. The minimum absolute atomic E-state index is 0.0985. The lowest BCUT2D eigenvalue weighted by Crippen LogP contribution is -2.27. The predicted octanol–water partition coefficient (Wildman–Crippen LogP) is 6.22. The standard InChI is InChI=1S/C21H19BrClNO2S2/c1-15-2-12-20(13-3-15)28(25,26)24-14-21(16-4-8-18(23)9-5-16)27-19-10-6-17(22)7-11-19/h2-13,21,24H,14H2,1H3. The molecule has 1 N–H and O–H groups in total. The summed E-state index contributed by atoms with van der Waals surface area (Å²) in [6.45, 7) is 2.19. The van der Waals surface area contributed by atoms with Gasteiger partial charge in [0, 0.05) is 26.2 Å². The van der Waals surface area contributed by atoms with E-state index in [4.69, 9.17) is 11.6 Å². The number of thioether (sulfide) groups is 1. The smallest absolute Gasteiger partial charge is 0.210 e. The van der Waals surface area contributed by atoms with E-state index in [1.54, 1.807) is 36.0 Å². The van der Waals surface area contributed by atoms with Gasteiger partial charge in [-0.25, -0.2) is 13.1 Å². The molecule has 0 aliphatic carbocycles. The molecule has 146 valence electrons. The van der Waals surface area contributed by atoms with E-state index in [1.165, 1.54) is 0 Å². The van der Waals surface area contributed by atoms with Crippen molar-refractivity contribution in [3.63, 3.8) is 0 Å². The average Bonchev–Trinajstić information content (AvgIpc) is 2.68. The molecular weight excluding hydrogens is 478 g/mol. The Morgan fingerprint density at radius 2 is 1.57 bits per heavy atom. The summed E-state index contributed by atoms with van der Waals surface area (Å²) >= 11 is 11.1. The van der Waals surface area contributed by atoms with Crippen molar-refractivity contribution in [1.29, 1.82) is 0 Å². The second-order valence-corrected chi connectivity index (χ2v) is 10.7. The van der Waals surface area contributed by atoms with Gasteiger partial charge in [0.1, 0.15) is 0 Å². The van der Waals surface area contributed by atoms with Crippen molar-refractivity contribution >= 4 is 49.3 Å². The summed E-state index contributed by atoms with van der Waals surface area (Å²) in [5.41, 5.74) is 2.02. The highest BCUT2D eigenvalue weighted by molar-refractivity contribution is 9.10. The summed E-state index contributed by atoms with van der Waals surface area (Å²) in [4.78, 5) is 1.32. The molecule has 0 bridgehead atoms. The van der Waals surface area contributed by atoms with Crippen LogP contribution in [0.15, 0.2) is 87.1 Å². The molecule has 0 aliphatic heterocycles. The van der Waals surface area contributed by atoms with Crippen LogP contribution in [0.5, 0.6) is 0 Å². The molecule has 0 spiro atoms. The van der Waals surface area contributed by atoms with Crippen LogP contribution >= 0.6 is 39.3 Å². The molecule has 0 heterocycles. The molecule has 3 rings (SSSR count). The van der Waals surface area contributed by atoms with Gasteiger partial charge in [0.2, 0.25) is 10.0 Å². The summed E-state index contributed by atoms with van der Waals surface area (Å²) < 4.78 is 29.1. The number of nitrogens with one attached hydrogen (secondary N) is 1. The fourth-order valence-corrected chi connectivity index (χ4v) is 5.19. The van der Waals surface area contributed by atoms with Crippen LogP contribution in [0.25, 0.3) is 0 Å². The second-order valence-electron chi connectivity index (χ2n) is 6.28. The van der Waals surface area contributed by atoms with Crippen LogP contribution in [0.2, 0.25) is 5.02 Å². The third-order valence-corrected chi connectivity index (χ3v) is 7.61. The summed E-state index contributed by atoms with van der Waals surface area (Å²) in [6.07, 6.45) is 0. The van der Waals surface area contributed by atoms with Gasteiger partial charge in [-0.15, -0.1) is 11.8 Å². The van der Waals surface area contributed by atoms with Gasteiger partial charge in [-0.1, -0.05) is 57.4 Å². The fraction of sp³-hybridized carbons (Fsp3) is 0.143. The molecule has 1 atom stereocenters. The highest BCUT2D eigenvalue weighted by Gasteiger charge is 2.19. The van der Waals surface area contributed by atoms with Crippen molar-refractivity contribution in [2.24, 2.45) is 0 Å². The first-order chi connectivity index (χ1) is 13.3. The minimum atomic E-state index is -3.58. The Kier molecular flexibility index (Phi) is 7.23. The second kappa shape index (κ2) is 9.46. The number of hydrogen-bond donors (Lipinski definition) is 1. The molecule has 0 saturated carbocycles.